The predicted octanol–water partition coefficient (Wildman–Crippen LogP) is 3.61. The minimum Gasteiger partial charge on any atom is -0.322 e. The van der Waals surface area contributed by atoms with Crippen LogP contribution in [0.3, 0.4) is 0 Å². The number of unbranched alkanes of at least 4 members (excludes halogenated alkanes) is 2. The highest BCUT2D eigenvalue weighted by molar-refractivity contribution is 5.92. The molecule has 0 spiro atoms. The van der Waals surface area contributed by atoms with E-state index in [0.717, 1.165) is 18.4 Å². The Morgan fingerprint density at radius 1 is 1.21 bits per heavy atom. The smallest absolute Gasteiger partial charge is 0.248 e. The molecule has 2 aromatic rings. The Kier molecular flexibility index (Phi) is 4.39. The van der Waals surface area contributed by atoms with Crippen molar-refractivity contribution in [3.05, 3.63) is 45.1 Å². The quantitative estimate of drug-likeness (QED) is 0.638. The lowest BCUT2D eigenvalue weighted by Crippen LogP contribution is -2.06. The average Bonchev–Trinajstić information content (AvgIpc) is 2.42. The van der Waals surface area contributed by atoms with Crippen LogP contribution in [-0.4, -0.2) is 11.7 Å². The number of aryl methyl sites for hydroxylation is 1. The van der Waals surface area contributed by atoms with Crippen LogP contribution in [0.25, 0.3) is 10.9 Å². The fourth-order valence-electron chi connectivity index (χ4n) is 2.24. The molecule has 0 radical (unpaired) electrons. The zero-order chi connectivity index (χ0) is 13.7. The van der Waals surface area contributed by atoms with Crippen molar-refractivity contribution in [1.82, 2.24) is 4.98 Å². The van der Waals surface area contributed by atoms with Gasteiger partial charge in [-0.05, 0) is 42.1 Å². The molecule has 100 valence electrons. The summed E-state index contributed by atoms with van der Waals surface area (Å²) in [6.07, 6.45) is 2.73. The fourth-order valence-corrected chi connectivity index (χ4v) is 2.24. The van der Waals surface area contributed by atoms with Crippen molar-refractivity contribution in [1.29, 1.82) is 0 Å². The van der Waals surface area contributed by atoms with Crippen LogP contribution in [0, 0.1) is 4.91 Å². The zero-order valence-corrected chi connectivity index (χ0v) is 10.5. The third-order valence-corrected chi connectivity index (χ3v) is 3.10. The minimum absolute atomic E-state index is 0.198. The molecule has 0 bridgehead atoms. The summed E-state index contributed by atoms with van der Waals surface area (Å²) in [5, 5.41) is 3.69. The lowest BCUT2D eigenvalue weighted by Gasteiger charge is -2.07. The van der Waals surface area contributed by atoms with Gasteiger partial charge >= 0.3 is 0 Å². The van der Waals surface area contributed by atoms with Crippen LogP contribution in [-0.2, 0) is 6.42 Å². The van der Waals surface area contributed by atoms with Gasteiger partial charge in [0, 0.05) is 11.5 Å². The van der Waals surface area contributed by atoms with Gasteiger partial charge < -0.3 is 4.98 Å². The molecule has 1 N–H and O–H groups in total. The molecule has 0 saturated heterocycles. The number of halogens is 1. The second-order valence-electron chi connectivity index (χ2n) is 4.45. The number of nitroso groups, excluding NO2 is 1. The molecule has 1 aromatic heterocycles. The summed E-state index contributed by atoms with van der Waals surface area (Å²) in [6.45, 7) is -0.322. The molecule has 0 aliphatic rings. The van der Waals surface area contributed by atoms with Crippen molar-refractivity contribution in [3.8, 4) is 0 Å². The number of rotatable bonds is 6. The van der Waals surface area contributed by atoms with Crippen LogP contribution in [0.2, 0.25) is 0 Å². The molecular weight excluding hydrogens is 247 g/mol. The Labute approximate surface area is 109 Å². The summed E-state index contributed by atoms with van der Waals surface area (Å²) < 4.78 is 12.0. The summed E-state index contributed by atoms with van der Waals surface area (Å²) >= 11 is 0. The molecule has 1 heterocycles. The maximum Gasteiger partial charge on any atom is 0.248 e. The van der Waals surface area contributed by atoms with Crippen LogP contribution in [0.1, 0.15) is 24.8 Å². The summed E-state index contributed by atoms with van der Waals surface area (Å²) in [6, 6.07) is 6.55. The molecule has 0 aliphatic heterocycles. The number of pyridine rings is 1. The van der Waals surface area contributed by atoms with E-state index >= 15 is 0 Å². The van der Waals surface area contributed by atoms with Crippen LogP contribution in [0.4, 0.5) is 10.1 Å². The fraction of sp³-hybridized carbons (Fsp3) is 0.357. The summed E-state index contributed by atoms with van der Waals surface area (Å²) in [5.74, 6) is 0. The van der Waals surface area contributed by atoms with Crippen LogP contribution >= 0.6 is 0 Å². The molecule has 19 heavy (non-hydrogen) atoms. The SMILES string of the molecule is O=Nc1cccc2[nH]c(=O)cc(CCCCCF)c12. The molecule has 0 saturated carbocycles. The van der Waals surface area contributed by atoms with Gasteiger partial charge in [0.1, 0.15) is 5.69 Å². The number of alkyl halides is 1. The molecular formula is C14H15FN2O2. The third-order valence-electron chi connectivity index (χ3n) is 3.10. The van der Waals surface area contributed by atoms with E-state index in [0.29, 0.717) is 29.4 Å². The van der Waals surface area contributed by atoms with E-state index in [1.165, 1.54) is 6.07 Å². The van der Waals surface area contributed by atoms with E-state index in [2.05, 4.69) is 10.2 Å². The highest BCUT2D eigenvalue weighted by Gasteiger charge is 2.08. The Morgan fingerprint density at radius 2 is 2.05 bits per heavy atom. The molecule has 4 nitrogen and oxygen atoms in total. The van der Waals surface area contributed by atoms with Crippen molar-refractivity contribution in [2.45, 2.75) is 25.7 Å². The van der Waals surface area contributed by atoms with Gasteiger partial charge in [-0.3, -0.25) is 9.18 Å². The second kappa shape index (κ2) is 6.22. The van der Waals surface area contributed by atoms with E-state index in [-0.39, 0.29) is 12.2 Å². The lowest BCUT2D eigenvalue weighted by molar-refractivity contribution is 0.456. The van der Waals surface area contributed by atoms with Crippen LogP contribution in [0.15, 0.2) is 34.2 Å². The van der Waals surface area contributed by atoms with Gasteiger partial charge in [-0.15, -0.1) is 4.91 Å². The molecule has 5 heteroatoms. The van der Waals surface area contributed by atoms with Gasteiger partial charge in [0.25, 0.3) is 0 Å². The van der Waals surface area contributed by atoms with Crippen molar-refractivity contribution in [2.75, 3.05) is 6.67 Å². The first-order valence-electron chi connectivity index (χ1n) is 6.30. The molecule has 0 aliphatic carbocycles. The number of aromatic amines is 1. The summed E-state index contributed by atoms with van der Waals surface area (Å²) in [7, 11) is 0. The van der Waals surface area contributed by atoms with E-state index in [1.54, 1.807) is 18.2 Å². The third kappa shape index (κ3) is 3.05. The number of aromatic nitrogens is 1. The maximum atomic E-state index is 12.0. The Hall–Kier alpha value is -2.04. The highest BCUT2D eigenvalue weighted by atomic mass is 19.1. The van der Waals surface area contributed by atoms with E-state index < -0.39 is 0 Å². The first kappa shape index (κ1) is 13.4. The summed E-state index contributed by atoms with van der Waals surface area (Å²) in [4.78, 5) is 25.1. The number of hydrogen-bond acceptors (Lipinski definition) is 3. The predicted molar refractivity (Wildman–Crippen MR) is 73.6 cm³/mol. The monoisotopic (exact) mass is 262 g/mol. The average molecular weight is 262 g/mol. The Bertz CT molecular complexity index is 637. The molecule has 0 atom stereocenters. The van der Waals surface area contributed by atoms with Gasteiger partial charge in [0.2, 0.25) is 5.56 Å². The van der Waals surface area contributed by atoms with E-state index in [1.807, 2.05) is 0 Å². The standard InChI is InChI=1S/C14H15FN2O2/c15-8-3-1-2-5-10-9-13(18)16-11-6-4-7-12(17-19)14(10)11/h4,6-7,9H,1-3,5,8H2,(H,16,18). The summed E-state index contributed by atoms with van der Waals surface area (Å²) in [5.41, 5.74) is 1.54. The zero-order valence-electron chi connectivity index (χ0n) is 10.5. The molecule has 1 aromatic carbocycles. The van der Waals surface area contributed by atoms with Crippen molar-refractivity contribution in [2.24, 2.45) is 5.18 Å². The largest absolute Gasteiger partial charge is 0.322 e. The first-order valence-corrected chi connectivity index (χ1v) is 6.30. The maximum absolute atomic E-state index is 12.0. The minimum atomic E-state index is -0.322. The Balaban J connectivity index is 2.40. The van der Waals surface area contributed by atoms with Crippen LogP contribution in [0.5, 0.6) is 0 Å². The second-order valence-corrected chi connectivity index (χ2v) is 4.45. The van der Waals surface area contributed by atoms with Gasteiger partial charge in [0.15, 0.2) is 0 Å². The number of nitrogens with one attached hydrogen (secondary N) is 1. The van der Waals surface area contributed by atoms with Gasteiger partial charge in [0.05, 0.1) is 12.2 Å². The number of hydrogen-bond donors (Lipinski definition) is 1. The number of nitrogens with zero attached hydrogens (tertiary/aromatic N) is 1. The molecule has 0 fully saturated rings. The van der Waals surface area contributed by atoms with Crippen LogP contribution < -0.4 is 5.56 Å². The molecule has 2 rings (SSSR count). The van der Waals surface area contributed by atoms with E-state index in [4.69, 9.17) is 0 Å². The van der Waals surface area contributed by atoms with Gasteiger partial charge in [-0.25, -0.2) is 0 Å². The van der Waals surface area contributed by atoms with Gasteiger partial charge in [-0.1, -0.05) is 12.5 Å². The number of fused-ring (bicyclic) bond motifs is 1. The lowest BCUT2D eigenvalue weighted by atomic mass is 10.0. The van der Waals surface area contributed by atoms with Gasteiger partial charge in [-0.2, -0.15) is 0 Å². The first-order chi connectivity index (χ1) is 9.26. The number of H-pyrrole nitrogens is 1. The molecule has 0 amide bonds. The highest BCUT2D eigenvalue weighted by Crippen LogP contribution is 2.27. The molecule has 0 unspecified atom stereocenters. The van der Waals surface area contributed by atoms with Crippen molar-refractivity contribution < 1.29 is 4.39 Å². The normalized spacial score (nSPS) is 10.8. The van der Waals surface area contributed by atoms with Crippen molar-refractivity contribution >= 4 is 16.6 Å². The number of benzene rings is 1. The Morgan fingerprint density at radius 3 is 2.79 bits per heavy atom. The topological polar surface area (TPSA) is 62.3 Å². The van der Waals surface area contributed by atoms with E-state index in [9.17, 15) is 14.1 Å². The van der Waals surface area contributed by atoms with Crippen molar-refractivity contribution in [3.63, 3.8) is 0 Å².